The lowest BCUT2D eigenvalue weighted by molar-refractivity contribution is 0.0693. The van der Waals surface area contributed by atoms with Gasteiger partial charge < -0.3 is 25.2 Å². The number of carboxylic acid groups (broad SMARTS) is 1. The smallest absolute Gasteiger partial charge is 0.339 e. The van der Waals surface area contributed by atoms with E-state index in [2.05, 4.69) is 31.4 Å². The van der Waals surface area contributed by atoms with Crippen molar-refractivity contribution in [2.45, 2.75) is 40.0 Å². The maximum Gasteiger partial charge on any atom is 0.339 e. The Labute approximate surface area is 234 Å². The van der Waals surface area contributed by atoms with Crippen molar-refractivity contribution in [3.8, 4) is 28.4 Å². The van der Waals surface area contributed by atoms with Crippen LogP contribution in [0.3, 0.4) is 0 Å². The van der Waals surface area contributed by atoms with Crippen LogP contribution >= 0.6 is 0 Å². The van der Waals surface area contributed by atoms with E-state index in [9.17, 15) is 14.7 Å². The number of urea groups is 1. The van der Waals surface area contributed by atoms with Crippen LogP contribution < -0.4 is 20.1 Å². The Hall–Kier alpha value is -4.78. The van der Waals surface area contributed by atoms with Gasteiger partial charge in [0.15, 0.2) is 5.75 Å². The minimum absolute atomic E-state index is 0.0431. The van der Waals surface area contributed by atoms with Gasteiger partial charge in [-0.25, -0.2) is 9.59 Å². The number of carbonyl (C=O) groups is 2. The van der Waals surface area contributed by atoms with E-state index in [-0.39, 0.29) is 16.7 Å². The zero-order valence-electron chi connectivity index (χ0n) is 23.6. The number of hydrogen-bond acceptors (Lipinski definition) is 4. The van der Waals surface area contributed by atoms with Crippen LogP contribution in [0.5, 0.6) is 17.2 Å². The first-order valence-electron chi connectivity index (χ1n) is 12.9. The van der Waals surface area contributed by atoms with Crippen molar-refractivity contribution >= 4 is 23.4 Å². The van der Waals surface area contributed by atoms with Gasteiger partial charge >= 0.3 is 12.0 Å². The average Bonchev–Trinajstić information content (AvgIpc) is 2.90. The standard InChI is InChI=1S/C33H34N2O5/c1-20-11-14-26(21(2)17-20)34-32(38)35-27-19-23(22-12-15-28(39-6)24(18-22)31(36)37)13-16-30(27)40-29-10-8-7-9-25(29)33(3,4)5/h7-19H,1-6H3,(H,36,37)(H2,34,35,38). The number of benzene rings is 4. The lowest BCUT2D eigenvalue weighted by atomic mass is 9.86. The molecule has 4 aromatic rings. The Kier molecular flexibility index (Phi) is 8.14. The summed E-state index contributed by atoms with van der Waals surface area (Å²) in [5, 5.41) is 15.5. The van der Waals surface area contributed by atoms with Crippen LogP contribution in [0.2, 0.25) is 0 Å². The number of nitrogens with one attached hydrogen (secondary N) is 2. The van der Waals surface area contributed by atoms with Crippen LogP contribution in [-0.4, -0.2) is 24.2 Å². The average molecular weight is 539 g/mol. The number of carboxylic acids is 1. The molecule has 0 atom stereocenters. The molecule has 40 heavy (non-hydrogen) atoms. The summed E-state index contributed by atoms with van der Waals surface area (Å²) in [5.41, 5.74) is 5.41. The Morgan fingerprint density at radius 1 is 0.750 bits per heavy atom. The molecule has 0 aliphatic heterocycles. The first-order valence-corrected chi connectivity index (χ1v) is 12.9. The summed E-state index contributed by atoms with van der Waals surface area (Å²) in [7, 11) is 1.43. The Bertz CT molecular complexity index is 1570. The lowest BCUT2D eigenvalue weighted by Crippen LogP contribution is -2.20. The number of aryl methyl sites for hydroxylation is 2. The highest BCUT2D eigenvalue weighted by Gasteiger charge is 2.21. The summed E-state index contributed by atoms with van der Waals surface area (Å²) in [6.07, 6.45) is 0. The molecule has 0 aromatic heterocycles. The number of methoxy groups -OCH3 is 1. The van der Waals surface area contributed by atoms with Gasteiger partial charge in [-0.1, -0.05) is 68.8 Å². The van der Waals surface area contributed by atoms with Gasteiger partial charge in [0.25, 0.3) is 0 Å². The van der Waals surface area contributed by atoms with E-state index in [4.69, 9.17) is 9.47 Å². The maximum absolute atomic E-state index is 13.2. The third-order valence-electron chi connectivity index (χ3n) is 6.54. The van der Waals surface area contributed by atoms with Crippen molar-refractivity contribution < 1.29 is 24.2 Å². The van der Waals surface area contributed by atoms with Crippen molar-refractivity contribution in [2.75, 3.05) is 17.7 Å². The summed E-state index contributed by atoms with van der Waals surface area (Å²) in [4.78, 5) is 25.0. The summed E-state index contributed by atoms with van der Waals surface area (Å²) >= 11 is 0. The number of hydrogen-bond donors (Lipinski definition) is 3. The van der Waals surface area contributed by atoms with E-state index in [1.807, 2.05) is 62.4 Å². The summed E-state index contributed by atoms with van der Waals surface area (Å²) in [6, 6.07) is 23.5. The number of carbonyl (C=O) groups excluding carboxylic acids is 1. The van der Waals surface area contributed by atoms with Gasteiger partial charge in [0.2, 0.25) is 0 Å². The Balaban J connectivity index is 1.75. The fourth-order valence-electron chi connectivity index (χ4n) is 4.47. The molecule has 2 amide bonds. The number of aromatic carboxylic acids is 1. The molecule has 0 bridgehead atoms. The van der Waals surface area contributed by atoms with Gasteiger partial charge in [-0.2, -0.15) is 0 Å². The summed E-state index contributed by atoms with van der Waals surface area (Å²) < 4.78 is 11.6. The molecule has 4 aromatic carbocycles. The highest BCUT2D eigenvalue weighted by atomic mass is 16.5. The molecule has 7 heteroatoms. The quantitative estimate of drug-likeness (QED) is 0.219. The van der Waals surface area contributed by atoms with E-state index in [0.717, 1.165) is 16.7 Å². The van der Waals surface area contributed by atoms with E-state index >= 15 is 0 Å². The van der Waals surface area contributed by atoms with Crippen LogP contribution in [0, 0.1) is 13.8 Å². The molecule has 0 aliphatic rings. The van der Waals surface area contributed by atoms with Gasteiger partial charge in [-0.15, -0.1) is 0 Å². The second-order valence-electron chi connectivity index (χ2n) is 10.7. The molecule has 0 aliphatic carbocycles. The largest absolute Gasteiger partial charge is 0.496 e. The van der Waals surface area contributed by atoms with Gasteiger partial charge in [0.1, 0.15) is 17.1 Å². The number of para-hydroxylation sites is 1. The van der Waals surface area contributed by atoms with Crippen LogP contribution in [-0.2, 0) is 5.41 Å². The SMILES string of the molecule is COc1ccc(-c2ccc(Oc3ccccc3C(C)(C)C)c(NC(=O)Nc3ccc(C)cc3C)c2)cc1C(=O)O. The van der Waals surface area contributed by atoms with Crippen LogP contribution in [0.25, 0.3) is 11.1 Å². The number of amides is 2. The first-order chi connectivity index (χ1) is 19.0. The maximum atomic E-state index is 13.2. The lowest BCUT2D eigenvalue weighted by Gasteiger charge is -2.23. The molecule has 0 spiro atoms. The molecule has 0 heterocycles. The minimum atomic E-state index is -1.09. The number of rotatable bonds is 7. The molecule has 0 fully saturated rings. The van der Waals surface area contributed by atoms with Crippen molar-refractivity contribution in [3.05, 3.63) is 101 Å². The molecule has 4 rings (SSSR count). The molecule has 206 valence electrons. The van der Waals surface area contributed by atoms with Crippen LogP contribution in [0.15, 0.2) is 78.9 Å². The minimum Gasteiger partial charge on any atom is -0.496 e. The van der Waals surface area contributed by atoms with E-state index in [0.29, 0.717) is 34.0 Å². The number of anilines is 2. The normalized spacial score (nSPS) is 11.1. The zero-order valence-corrected chi connectivity index (χ0v) is 23.6. The van der Waals surface area contributed by atoms with Crippen molar-refractivity contribution in [2.24, 2.45) is 0 Å². The third kappa shape index (κ3) is 6.43. The van der Waals surface area contributed by atoms with E-state index < -0.39 is 12.0 Å². The Morgan fingerprint density at radius 2 is 1.40 bits per heavy atom. The van der Waals surface area contributed by atoms with Gasteiger partial charge in [0, 0.05) is 11.3 Å². The van der Waals surface area contributed by atoms with Gasteiger partial charge in [-0.05, 0) is 72.4 Å². The topological polar surface area (TPSA) is 96.9 Å². The highest BCUT2D eigenvalue weighted by molar-refractivity contribution is 6.01. The Morgan fingerprint density at radius 3 is 2.05 bits per heavy atom. The van der Waals surface area contributed by atoms with Crippen LogP contribution in [0.1, 0.15) is 47.8 Å². The first kappa shape index (κ1) is 28.2. The van der Waals surface area contributed by atoms with E-state index in [1.54, 1.807) is 30.3 Å². The van der Waals surface area contributed by atoms with Crippen molar-refractivity contribution in [1.29, 1.82) is 0 Å². The number of ether oxygens (including phenoxy) is 2. The molecule has 3 N–H and O–H groups in total. The third-order valence-corrected chi connectivity index (χ3v) is 6.54. The van der Waals surface area contributed by atoms with Gasteiger partial charge in [0.05, 0.1) is 12.8 Å². The molecule has 0 saturated carbocycles. The molecule has 7 nitrogen and oxygen atoms in total. The molecule has 0 saturated heterocycles. The van der Waals surface area contributed by atoms with E-state index in [1.165, 1.54) is 7.11 Å². The fraction of sp³-hybridized carbons (Fsp3) is 0.212. The summed E-state index contributed by atoms with van der Waals surface area (Å²) in [5.74, 6) is 0.297. The molecular weight excluding hydrogens is 504 g/mol. The van der Waals surface area contributed by atoms with Crippen LogP contribution in [0.4, 0.5) is 16.2 Å². The highest BCUT2D eigenvalue weighted by Crippen LogP contribution is 2.39. The molecule has 0 unspecified atom stereocenters. The van der Waals surface area contributed by atoms with Gasteiger partial charge in [-0.3, -0.25) is 0 Å². The monoisotopic (exact) mass is 538 g/mol. The van der Waals surface area contributed by atoms with Crippen molar-refractivity contribution in [1.82, 2.24) is 0 Å². The fourth-order valence-corrected chi connectivity index (χ4v) is 4.47. The zero-order chi connectivity index (χ0) is 29.0. The molecular formula is C33H34N2O5. The second-order valence-corrected chi connectivity index (χ2v) is 10.7. The molecule has 0 radical (unpaired) electrons. The predicted octanol–water partition coefficient (Wildman–Crippen LogP) is 8.41. The summed E-state index contributed by atoms with van der Waals surface area (Å²) in [6.45, 7) is 10.3. The predicted molar refractivity (Wildman–Crippen MR) is 159 cm³/mol. The second kappa shape index (κ2) is 11.5. The van der Waals surface area contributed by atoms with Crippen molar-refractivity contribution in [3.63, 3.8) is 0 Å².